The van der Waals surface area contributed by atoms with E-state index >= 15 is 8.78 Å². The zero-order valence-electron chi connectivity index (χ0n) is 18.4. The molecule has 0 saturated heterocycles. The van der Waals surface area contributed by atoms with Crippen molar-refractivity contribution in [3.63, 3.8) is 0 Å². The number of nitrogens with zero attached hydrogens (tertiary/aromatic N) is 1. The lowest BCUT2D eigenvalue weighted by Gasteiger charge is -2.64. The predicted molar refractivity (Wildman–Crippen MR) is 123 cm³/mol. The summed E-state index contributed by atoms with van der Waals surface area (Å²) in [7, 11) is 0. The SMILES string of the molecule is CC1Cc2c([nH]c3ccccc23)C(c2c(F)cc(/C=C/C(=O)O)cc2F)N1CC12CC(C1)C2. The molecular formula is C27H26F2N2O2. The van der Waals surface area contributed by atoms with E-state index in [1.165, 1.54) is 37.5 Å². The van der Waals surface area contributed by atoms with E-state index in [1.54, 1.807) is 0 Å². The molecule has 4 nitrogen and oxygen atoms in total. The summed E-state index contributed by atoms with van der Waals surface area (Å²) in [6, 6.07) is 10.1. The van der Waals surface area contributed by atoms with Gasteiger partial charge < -0.3 is 10.1 Å². The lowest BCUT2D eigenvalue weighted by Crippen LogP contribution is -2.60. The van der Waals surface area contributed by atoms with Crippen molar-refractivity contribution >= 4 is 22.9 Å². The maximum Gasteiger partial charge on any atom is 0.328 e. The summed E-state index contributed by atoms with van der Waals surface area (Å²) in [5, 5.41) is 9.98. The fourth-order valence-electron chi connectivity index (χ4n) is 6.43. The highest BCUT2D eigenvalue weighted by molar-refractivity contribution is 5.86. The van der Waals surface area contributed by atoms with E-state index in [1.807, 2.05) is 18.2 Å². The van der Waals surface area contributed by atoms with Crippen molar-refractivity contribution in [2.75, 3.05) is 6.54 Å². The van der Waals surface area contributed by atoms with Crippen molar-refractivity contribution in [3.05, 3.63) is 76.5 Å². The van der Waals surface area contributed by atoms with E-state index in [-0.39, 0.29) is 22.6 Å². The average Bonchev–Trinajstić information content (AvgIpc) is 3.07. The molecule has 3 aromatic rings. The van der Waals surface area contributed by atoms with Crippen molar-refractivity contribution < 1.29 is 18.7 Å². The van der Waals surface area contributed by atoms with Gasteiger partial charge in [0.1, 0.15) is 11.6 Å². The third kappa shape index (κ3) is 3.22. The summed E-state index contributed by atoms with van der Waals surface area (Å²) in [5.41, 5.74) is 3.50. The molecule has 3 fully saturated rings. The van der Waals surface area contributed by atoms with Gasteiger partial charge in [-0.05, 0) is 79.3 Å². The van der Waals surface area contributed by atoms with Crippen LogP contribution in [0, 0.1) is 23.0 Å². The van der Waals surface area contributed by atoms with Gasteiger partial charge in [0.2, 0.25) is 0 Å². The molecule has 2 atom stereocenters. The van der Waals surface area contributed by atoms with Crippen LogP contribution in [0.1, 0.15) is 54.6 Å². The molecule has 0 spiro atoms. The highest BCUT2D eigenvalue weighted by Gasteiger charge is 2.58. The van der Waals surface area contributed by atoms with E-state index in [9.17, 15) is 4.79 Å². The molecule has 1 aromatic heterocycles. The second-order valence-corrected chi connectivity index (χ2v) is 10.2. The van der Waals surface area contributed by atoms with Gasteiger partial charge in [0, 0.05) is 40.8 Å². The zero-order valence-corrected chi connectivity index (χ0v) is 18.4. The topological polar surface area (TPSA) is 56.3 Å². The van der Waals surface area contributed by atoms with Crippen molar-refractivity contribution in [2.24, 2.45) is 11.3 Å². The first-order valence-corrected chi connectivity index (χ1v) is 11.6. The largest absolute Gasteiger partial charge is 0.478 e. The molecule has 170 valence electrons. The molecule has 2 heterocycles. The molecule has 2 aromatic carbocycles. The molecule has 0 amide bonds. The molecule has 3 saturated carbocycles. The Kier molecular flexibility index (Phi) is 4.53. The number of carboxylic acid groups (broad SMARTS) is 1. The number of carboxylic acids is 1. The lowest BCUT2D eigenvalue weighted by atomic mass is 9.44. The molecule has 0 radical (unpaired) electrons. The number of hydrogen-bond donors (Lipinski definition) is 2. The number of carbonyl (C=O) groups is 1. The first-order chi connectivity index (χ1) is 15.8. The number of rotatable bonds is 5. The van der Waals surface area contributed by atoms with Crippen LogP contribution in [0.15, 0.2) is 42.5 Å². The number of nitrogens with one attached hydrogen (secondary N) is 1. The van der Waals surface area contributed by atoms with Gasteiger partial charge in [-0.3, -0.25) is 4.90 Å². The quantitative estimate of drug-likeness (QED) is 0.494. The molecule has 7 rings (SSSR count). The van der Waals surface area contributed by atoms with E-state index in [2.05, 4.69) is 22.9 Å². The van der Waals surface area contributed by atoms with Gasteiger partial charge in [0.25, 0.3) is 0 Å². The first-order valence-electron chi connectivity index (χ1n) is 11.6. The first kappa shape index (κ1) is 20.6. The molecule has 33 heavy (non-hydrogen) atoms. The van der Waals surface area contributed by atoms with Gasteiger partial charge in [-0.15, -0.1) is 0 Å². The molecule has 1 aliphatic heterocycles. The standard InChI is InChI=1S/C27H26F2N2O2/c1-15-8-19-18-4-2-3-5-22(18)30-25(19)26(31(15)14-27-11-17(12-27)13-27)24-20(28)9-16(10-21(24)29)6-7-23(32)33/h2-7,9-10,15,17,26,30H,8,11-14H2,1H3,(H,32,33)/b7-6+. The number of aliphatic carboxylic acids is 1. The van der Waals surface area contributed by atoms with Crippen molar-refractivity contribution in [1.82, 2.24) is 9.88 Å². The summed E-state index contributed by atoms with van der Waals surface area (Å²) >= 11 is 0. The van der Waals surface area contributed by atoms with Crippen LogP contribution in [0.5, 0.6) is 0 Å². The number of aromatic nitrogens is 1. The monoisotopic (exact) mass is 448 g/mol. The Morgan fingerprint density at radius 3 is 2.55 bits per heavy atom. The second-order valence-electron chi connectivity index (χ2n) is 10.2. The highest BCUT2D eigenvalue weighted by atomic mass is 19.1. The Balaban J connectivity index is 1.50. The van der Waals surface area contributed by atoms with Gasteiger partial charge in [-0.2, -0.15) is 0 Å². The van der Waals surface area contributed by atoms with E-state index in [4.69, 9.17) is 5.11 Å². The van der Waals surface area contributed by atoms with Gasteiger partial charge in [-0.1, -0.05) is 18.2 Å². The van der Waals surface area contributed by atoms with Crippen LogP contribution in [0.4, 0.5) is 8.78 Å². The Morgan fingerprint density at radius 1 is 1.21 bits per heavy atom. The Labute approximate surface area is 190 Å². The number of fused-ring (bicyclic) bond motifs is 3. The van der Waals surface area contributed by atoms with Gasteiger partial charge in [0.15, 0.2) is 0 Å². The van der Waals surface area contributed by atoms with E-state index in [0.717, 1.165) is 47.1 Å². The summed E-state index contributed by atoms with van der Waals surface area (Å²) < 4.78 is 31.1. The number of hydrogen-bond acceptors (Lipinski definition) is 2. The zero-order chi connectivity index (χ0) is 22.9. The van der Waals surface area contributed by atoms with Crippen molar-refractivity contribution in [3.8, 4) is 0 Å². The third-order valence-electron chi connectivity index (χ3n) is 7.99. The number of halogens is 2. The van der Waals surface area contributed by atoms with Gasteiger partial charge in [0.05, 0.1) is 6.04 Å². The normalized spacial score (nSPS) is 28.5. The predicted octanol–water partition coefficient (Wildman–Crippen LogP) is 5.68. The molecule has 4 aliphatic rings. The minimum Gasteiger partial charge on any atom is -0.478 e. The number of benzene rings is 2. The van der Waals surface area contributed by atoms with E-state index in [0.29, 0.717) is 0 Å². The number of para-hydroxylation sites is 1. The second kappa shape index (κ2) is 7.26. The average molecular weight is 449 g/mol. The van der Waals surface area contributed by atoms with Crippen LogP contribution >= 0.6 is 0 Å². The van der Waals surface area contributed by atoms with Gasteiger partial charge in [-0.25, -0.2) is 13.6 Å². The van der Waals surface area contributed by atoms with Crippen molar-refractivity contribution in [1.29, 1.82) is 0 Å². The number of H-pyrrole nitrogens is 1. The summed E-state index contributed by atoms with van der Waals surface area (Å²) in [6.45, 7) is 2.99. The molecule has 2 N–H and O–H groups in total. The van der Waals surface area contributed by atoms with Crippen LogP contribution in [-0.4, -0.2) is 33.5 Å². The molecule has 2 unspecified atom stereocenters. The maximum atomic E-state index is 15.5. The molecule has 2 bridgehead atoms. The smallest absolute Gasteiger partial charge is 0.328 e. The Morgan fingerprint density at radius 2 is 1.91 bits per heavy atom. The Bertz CT molecular complexity index is 1270. The van der Waals surface area contributed by atoms with Crippen molar-refractivity contribution in [2.45, 2.75) is 44.7 Å². The number of aromatic amines is 1. The van der Waals surface area contributed by atoms with Crippen LogP contribution in [-0.2, 0) is 11.2 Å². The van der Waals surface area contributed by atoms with Crippen LogP contribution < -0.4 is 0 Å². The van der Waals surface area contributed by atoms with E-state index < -0.39 is 23.6 Å². The lowest BCUT2D eigenvalue weighted by molar-refractivity contribution is -0.135. The molecule has 3 aliphatic carbocycles. The fraction of sp³-hybridized carbons (Fsp3) is 0.370. The highest BCUT2D eigenvalue weighted by Crippen LogP contribution is 2.65. The van der Waals surface area contributed by atoms with Crippen LogP contribution in [0.2, 0.25) is 0 Å². The summed E-state index contributed by atoms with van der Waals surface area (Å²) in [5.74, 6) is -1.62. The Hall–Kier alpha value is -2.99. The third-order valence-corrected chi connectivity index (χ3v) is 7.99. The molecular weight excluding hydrogens is 422 g/mol. The van der Waals surface area contributed by atoms with Crippen LogP contribution in [0.3, 0.4) is 0 Å². The van der Waals surface area contributed by atoms with Crippen LogP contribution in [0.25, 0.3) is 17.0 Å². The minimum atomic E-state index is -1.16. The maximum absolute atomic E-state index is 15.5. The minimum absolute atomic E-state index is 0.0356. The summed E-state index contributed by atoms with van der Waals surface area (Å²) in [4.78, 5) is 16.6. The fourth-order valence-corrected chi connectivity index (χ4v) is 6.43. The summed E-state index contributed by atoms with van der Waals surface area (Å²) in [6.07, 6.45) is 6.58. The molecule has 6 heteroatoms. The van der Waals surface area contributed by atoms with Gasteiger partial charge >= 0.3 is 5.97 Å².